The summed E-state index contributed by atoms with van der Waals surface area (Å²) >= 11 is 0. The third kappa shape index (κ3) is 3.38. The summed E-state index contributed by atoms with van der Waals surface area (Å²) in [6.07, 6.45) is -0.253. The second-order valence-corrected chi connectivity index (χ2v) is 5.70. The van der Waals surface area contributed by atoms with Gasteiger partial charge in [-0.05, 0) is 18.2 Å². The molecule has 0 N–H and O–H groups in total. The largest absolute Gasteiger partial charge is 0.465 e. The molecule has 0 fully saturated rings. The fraction of sp³-hybridized carbons (Fsp3) is 0.364. The zero-order valence-corrected chi connectivity index (χ0v) is 11.2. The highest BCUT2D eigenvalue weighted by Gasteiger charge is 2.24. The highest BCUT2D eigenvalue weighted by Crippen LogP contribution is 2.50. The molecule has 0 heterocycles. The van der Waals surface area contributed by atoms with Crippen LogP contribution in [-0.4, -0.2) is 27.3 Å². The molecule has 0 saturated carbocycles. The molecule has 100 valence electrons. The highest BCUT2D eigenvalue weighted by atomic mass is 31.2. The molecular weight excluding hydrogens is 262 g/mol. The third-order valence-electron chi connectivity index (χ3n) is 2.39. The average molecular weight is 276 g/mol. The zero-order valence-electron chi connectivity index (χ0n) is 10.3. The lowest BCUT2D eigenvalue weighted by Gasteiger charge is -2.14. The van der Waals surface area contributed by atoms with Gasteiger partial charge < -0.3 is 13.8 Å². The standard InChI is InChI=1S/C11H14FO5P/c1-15-11(13)8-4-5-10(12)9(6-8)7-18(14,16-2)17-3/h4-6H,7H2,1-3H3. The Labute approximate surface area is 104 Å². The Morgan fingerprint density at radius 1 is 1.28 bits per heavy atom. The summed E-state index contributed by atoms with van der Waals surface area (Å²) in [5.41, 5.74) is 0.248. The van der Waals surface area contributed by atoms with Gasteiger partial charge in [-0.2, -0.15) is 0 Å². The van der Waals surface area contributed by atoms with Crippen molar-refractivity contribution in [2.45, 2.75) is 6.16 Å². The van der Waals surface area contributed by atoms with Crippen molar-refractivity contribution in [2.75, 3.05) is 21.3 Å². The average Bonchev–Trinajstić information content (AvgIpc) is 2.40. The molecule has 0 aliphatic heterocycles. The maximum atomic E-state index is 13.6. The van der Waals surface area contributed by atoms with Crippen molar-refractivity contribution in [2.24, 2.45) is 0 Å². The van der Waals surface area contributed by atoms with E-state index in [1.807, 2.05) is 0 Å². The van der Waals surface area contributed by atoms with Gasteiger partial charge in [-0.3, -0.25) is 4.57 Å². The van der Waals surface area contributed by atoms with Crippen LogP contribution in [0.3, 0.4) is 0 Å². The molecule has 0 aliphatic rings. The first-order valence-corrected chi connectivity index (χ1v) is 6.76. The Morgan fingerprint density at radius 3 is 2.39 bits per heavy atom. The van der Waals surface area contributed by atoms with Crippen molar-refractivity contribution in [3.8, 4) is 0 Å². The second kappa shape index (κ2) is 6.09. The van der Waals surface area contributed by atoms with Crippen LogP contribution in [0, 0.1) is 5.82 Å². The molecular formula is C11H14FO5P. The monoisotopic (exact) mass is 276 g/mol. The highest BCUT2D eigenvalue weighted by molar-refractivity contribution is 7.52. The van der Waals surface area contributed by atoms with Crippen LogP contribution in [0.5, 0.6) is 0 Å². The Bertz CT molecular complexity index is 480. The normalized spacial score (nSPS) is 11.3. The van der Waals surface area contributed by atoms with E-state index in [9.17, 15) is 13.8 Å². The van der Waals surface area contributed by atoms with E-state index in [1.165, 1.54) is 33.5 Å². The molecule has 1 rings (SSSR count). The maximum Gasteiger partial charge on any atom is 0.337 e. The van der Waals surface area contributed by atoms with Crippen molar-refractivity contribution < 1.29 is 27.5 Å². The number of halogens is 1. The summed E-state index contributed by atoms with van der Waals surface area (Å²) in [5, 5.41) is 0. The summed E-state index contributed by atoms with van der Waals surface area (Å²) in [6.45, 7) is 0. The van der Waals surface area contributed by atoms with Gasteiger partial charge in [-0.15, -0.1) is 0 Å². The van der Waals surface area contributed by atoms with Gasteiger partial charge >= 0.3 is 13.6 Å². The van der Waals surface area contributed by atoms with Crippen LogP contribution < -0.4 is 0 Å². The van der Waals surface area contributed by atoms with E-state index in [4.69, 9.17) is 9.05 Å². The number of hydrogen-bond acceptors (Lipinski definition) is 5. The van der Waals surface area contributed by atoms with E-state index in [1.54, 1.807) is 0 Å². The maximum absolute atomic E-state index is 13.6. The predicted octanol–water partition coefficient (Wildman–Crippen LogP) is 2.60. The summed E-state index contributed by atoms with van der Waals surface area (Å²) in [5.74, 6) is -1.18. The van der Waals surface area contributed by atoms with Gasteiger partial charge in [0.25, 0.3) is 0 Å². The SMILES string of the molecule is COC(=O)c1ccc(F)c(CP(=O)(OC)OC)c1. The van der Waals surface area contributed by atoms with Crippen LogP contribution in [0.25, 0.3) is 0 Å². The number of esters is 1. The van der Waals surface area contributed by atoms with E-state index < -0.39 is 19.4 Å². The van der Waals surface area contributed by atoms with E-state index in [2.05, 4.69) is 4.74 Å². The van der Waals surface area contributed by atoms with Crippen LogP contribution in [0.15, 0.2) is 18.2 Å². The van der Waals surface area contributed by atoms with Gasteiger partial charge in [0.15, 0.2) is 0 Å². The van der Waals surface area contributed by atoms with Crippen molar-refractivity contribution in [1.82, 2.24) is 0 Å². The molecule has 0 aromatic heterocycles. The summed E-state index contributed by atoms with van der Waals surface area (Å²) in [4.78, 5) is 11.3. The second-order valence-electron chi connectivity index (χ2n) is 3.43. The molecule has 0 spiro atoms. The lowest BCUT2D eigenvalue weighted by Crippen LogP contribution is -2.04. The molecule has 1 aromatic carbocycles. The van der Waals surface area contributed by atoms with Gasteiger partial charge in [0.05, 0.1) is 18.8 Å². The van der Waals surface area contributed by atoms with Crippen molar-refractivity contribution in [1.29, 1.82) is 0 Å². The molecule has 0 saturated heterocycles. The molecule has 0 unspecified atom stereocenters. The van der Waals surface area contributed by atoms with Crippen LogP contribution in [0.2, 0.25) is 0 Å². The number of ether oxygens (including phenoxy) is 1. The number of carbonyl (C=O) groups is 1. The summed E-state index contributed by atoms with van der Waals surface area (Å²) in [6, 6.07) is 3.66. The fourth-order valence-corrected chi connectivity index (χ4v) is 2.42. The molecule has 18 heavy (non-hydrogen) atoms. The first-order chi connectivity index (χ1) is 8.45. The van der Waals surface area contributed by atoms with Crippen molar-refractivity contribution in [3.05, 3.63) is 35.1 Å². The van der Waals surface area contributed by atoms with Gasteiger partial charge in [0, 0.05) is 19.8 Å². The number of methoxy groups -OCH3 is 1. The summed E-state index contributed by atoms with van der Waals surface area (Å²) in [7, 11) is 0.271. The number of hydrogen-bond donors (Lipinski definition) is 0. The zero-order chi connectivity index (χ0) is 13.8. The summed E-state index contributed by atoms with van der Waals surface area (Å²) < 4.78 is 39.4. The smallest absolute Gasteiger partial charge is 0.337 e. The van der Waals surface area contributed by atoms with Crippen LogP contribution >= 0.6 is 7.60 Å². The molecule has 0 atom stereocenters. The molecule has 0 amide bonds. The minimum Gasteiger partial charge on any atom is -0.465 e. The number of carbonyl (C=O) groups excluding carboxylic acids is 1. The minimum atomic E-state index is -3.38. The first-order valence-electron chi connectivity index (χ1n) is 5.03. The van der Waals surface area contributed by atoms with Gasteiger partial charge in [-0.1, -0.05) is 0 Å². The third-order valence-corrected chi connectivity index (χ3v) is 4.23. The Hall–Kier alpha value is -1.23. The quantitative estimate of drug-likeness (QED) is 0.611. The number of benzene rings is 1. The topological polar surface area (TPSA) is 61.8 Å². The molecule has 5 nitrogen and oxygen atoms in total. The van der Waals surface area contributed by atoms with Crippen molar-refractivity contribution in [3.63, 3.8) is 0 Å². The first kappa shape index (κ1) is 14.8. The molecule has 0 bridgehead atoms. The fourth-order valence-electron chi connectivity index (χ4n) is 1.35. The molecule has 7 heteroatoms. The minimum absolute atomic E-state index is 0.0740. The van der Waals surface area contributed by atoms with E-state index >= 15 is 0 Å². The number of rotatable bonds is 5. The van der Waals surface area contributed by atoms with Crippen molar-refractivity contribution >= 4 is 13.6 Å². The van der Waals surface area contributed by atoms with Crippen LogP contribution in [0.1, 0.15) is 15.9 Å². The van der Waals surface area contributed by atoms with E-state index in [-0.39, 0.29) is 17.3 Å². The Balaban J connectivity index is 3.09. The lowest BCUT2D eigenvalue weighted by atomic mass is 10.1. The van der Waals surface area contributed by atoms with Crippen LogP contribution in [-0.2, 0) is 24.5 Å². The van der Waals surface area contributed by atoms with Gasteiger partial charge in [0.1, 0.15) is 5.82 Å². The molecule has 0 radical (unpaired) electrons. The van der Waals surface area contributed by atoms with E-state index in [0.29, 0.717) is 0 Å². The predicted molar refractivity (Wildman–Crippen MR) is 63.1 cm³/mol. The lowest BCUT2D eigenvalue weighted by molar-refractivity contribution is 0.0600. The van der Waals surface area contributed by atoms with Gasteiger partial charge in [-0.25, -0.2) is 9.18 Å². The Kier molecular flexibility index (Phi) is 5.02. The molecule has 1 aromatic rings. The molecule has 0 aliphatic carbocycles. The van der Waals surface area contributed by atoms with Gasteiger partial charge in [0.2, 0.25) is 0 Å². The van der Waals surface area contributed by atoms with E-state index in [0.717, 1.165) is 6.07 Å². The van der Waals surface area contributed by atoms with Crippen LogP contribution in [0.4, 0.5) is 4.39 Å². The Morgan fingerprint density at radius 2 is 1.89 bits per heavy atom.